The molecule has 0 aliphatic rings. The smallest absolute Gasteiger partial charge is 0.356 e. The number of hydrogen-bond donors (Lipinski definition) is 1. The molecular formula is C12H18N2O4S. The van der Waals surface area contributed by atoms with Gasteiger partial charge < -0.3 is 14.5 Å². The molecule has 0 saturated heterocycles. The highest BCUT2D eigenvalue weighted by Crippen LogP contribution is 2.21. The van der Waals surface area contributed by atoms with Crippen LogP contribution in [-0.2, 0) is 14.3 Å². The lowest BCUT2D eigenvalue weighted by Crippen LogP contribution is -2.20. The SMILES string of the molecule is CCOC(=O)c1cnc(SC(C)C(=O)OC(C)C)[nH]1. The first-order valence-electron chi connectivity index (χ1n) is 6.03. The lowest BCUT2D eigenvalue weighted by molar-refractivity contribution is -0.146. The fourth-order valence-corrected chi connectivity index (χ4v) is 1.99. The average molecular weight is 286 g/mol. The van der Waals surface area contributed by atoms with Crippen LogP contribution in [0, 0.1) is 0 Å². The number of nitrogens with zero attached hydrogens (tertiary/aromatic N) is 1. The van der Waals surface area contributed by atoms with Crippen LogP contribution in [0.1, 0.15) is 38.2 Å². The summed E-state index contributed by atoms with van der Waals surface area (Å²) in [7, 11) is 0. The molecule has 1 N–H and O–H groups in total. The van der Waals surface area contributed by atoms with Crippen molar-refractivity contribution in [2.75, 3.05) is 6.61 Å². The number of carbonyl (C=O) groups excluding carboxylic acids is 2. The van der Waals surface area contributed by atoms with E-state index in [0.29, 0.717) is 11.8 Å². The van der Waals surface area contributed by atoms with E-state index in [0.717, 1.165) is 0 Å². The molecule has 1 aromatic rings. The Balaban J connectivity index is 2.58. The molecule has 0 aromatic carbocycles. The standard InChI is InChI=1S/C12H18N2O4S/c1-5-17-11(16)9-6-13-12(14-9)19-8(4)10(15)18-7(2)3/h6-8H,5H2,1-4H3,(H,13,14). The van der Waals surface area contributed by atoms with E-state index in [1.807, 2.05) is 0 Å². The molecule has 106 valence electrons. The van der Waals surface area contributed by atoms with Crippen LogP contribution < -0.4 is 0 Å². The van der Waals surface area contributed by atoms with E-state index >= 15 is 0 Å². The van der Waals surface area contributed by atoms with Gasteiger partial charge in [-0.1, -0.05) is 11.8 Å². The van der Waals surface area contributed by atoms with Crippen molar-refractivity contribution in [3.8, 4) is 0 Å². The minimum Gasteiger partial charge on any atom is -0.462 e. The zero-order valence-electron chi connectivity index (χ0n) is 11.4. The summed E-state index contributed by atoms with van der Waals surface area (Å²) in [4.78, 5) is 29.9. The largest absolute Gasteiger partial charge is 0.462 e. The summed E-state index contributed by atoms with van der Waals surface area (Å²) in [6.07, 6.45) is 1.24. The van der Waals surface area contributed by atoms with Gasteiger partial charge in [-0.05, 0) is 27.7 Å². The molecule has 7 heteroatoms. The van der Waals surface area contributed by atoms with E-state index in [9.17, 15) is 9.59 Å². The Morgan fingerprint density at radius 2 is 2.11 bits per heavy atom. The minimum atomic E-state index is -0.459. The molecule has 1 rings (SSSR count). The van der Waals surface area contributed by atoms with E-state index in [1.165, 1.54) is 18.0 Å². The Kier molecular flexibility index (Phi) is 5.88. The summed E-state index contributed by atoms with van der Waals surface area (Å²) in [5, 5.41) is 0.0832. The Hall–Kier alpha value is -1.50. The Bertz CT molecular complexity index is 445. The molecule has 0 aliphatic carbocycles. The number of rotatable bonds is 6. The molecule has 0 spiro atoms. The molecule has 0 amide bonds. The summed E-state index contributed by atoms with van der Waals surface area (Å²) >= 11 is 1.20. The lowest BCUT2D eigenvalue weighted by atomic mass is 10.4. The first-order chi connectivity index (χ1) is 8.93. The number of thioether (sulfide) groups is 1. The summed E-state index contributed by atoms with van der Waals surface area (Å²) in [6.45, 7) is 7.34. The second-order valence-electron chi connectivity index (χ2n) is 4.07. The fourth-order valence-electron chi connectivity index (χ4n) is 1.22. The average Bonchev–Trinajstić information content (AvgIpc) is 2.77. The van der Waals surface area contributed by atoms with Gasteiger partial charge in [0.15, 0.2) is 5.16 Å². The van der Waals surface area contributed by atoms with E-state index in [2.05, 4.69) is 9.97 Å². The van der Waals surface area contributed by atoms with Crippen LogP contribution in [-0.4, -0.2) is 39.9 Å². The van der Waals surface area contributed by atoms with E-state index in [1.54, 1.807) is 27.7 Å². The second-order valence-corrected chi connectivity index (χ2v) is 5.40. The molecule has 1 heterocycles. The van der Waals surface area contributed by atoms with E-state index in [-0.39, 0.29) is 17.8 Å². The summed E-state index contributed by atoms with van der Waals surface area (Å²) in [5.41, 5.74) is 0.272. The maximum absolute atomic E-state index is 11.6. The number of ether oxygens (including phenoxy) is 2. The highest BCUT2D eigenvalue weighted by Gasteiger charge is 2.19. The van der Waals surface area contributed by atoms with Crippen molar-refractivity contribution in [1.29, 1.82) is 0 Å². The normalized spacial score (nSPS) is 12.3. The summed E-state index contributed by atoms with van der Waals surface area (Å²) in [6, 6.07) is 0. The predicted octanol–water partition coefficient (Wildman–Crippen LogP) is 2.02. The van der Waals surface area contributed by atoms with Crippen molar-refractivity contribution in [3.63, 3.8) is 0 Å². The lowest BCUT2D eigenvalue weighted by Gasteiger charge is -2.12. The monoisotopic (exact) mass is 286 g/mol. The van der Waals surface area contributed by atoms with Crippen molar-refractivity contribution >= 4 is 23.7 Å². The molecule has 1 atom stereocenters. The first-order valence-corrected chi connectivity index (χ1v) is 6.91. The van der Waals surface area contributed by atoms with Gasteiger partial charge in [-0.25, -0.2) is 9.78 Å². The number of imidazole rings is 1. The molecule has 0 bridgehead atoms. The van der Waals surface area contributed by atoms with Crippen molar-refractivity contribution in [2.45, 2.75) is 44.2 Å². The number of H-pyrrole nitrogens is 1. The van der Waals surface area contributed by atoms with Crippen LogP contribution in [0.25, 0.3) is 0 Å². The number of nitrogens with one attached hydrogen (secondary N) is 1. The third kappa shape index (κ3) is 4.94. The van der Waals surface area contributed by atoms with Crippen LogP contribution in [0.3, 0.4) is 0 Å². The Morgan fingerprint density at radius 1 is 1.42 bits per heavy atom. The number of esters is 2. The molecule has 0 aliphatic heterocycles. The zero-order valence-corrected chi connectivity index (χ0v) is 12.2. The van der Waals surface area contributed by atoms with Gasteiger partial charge in [0, 0.05) is 0 Å². The molecule has 6 nitrogen and oxygen atoms in total. The highest BCUT2D eigenvalue weighted by atomic mass is 32.2. The van der Waals surface area contributed by atoms with Gasteiger partial charge in [-0.15, -0.1) is 0 Å². The van der Waals surface area contributed by atoms with Crippen LogP contribution >= 0.6 is 11.8 Å². The minimum absolute atomic E-state index is 0.151. The molecule has 0 saturated carbocycles. The Labute approximate surface area is 116 Å². The van der Waals surface area contributed by atoms with Crippen LogP contribution in [0.4, 0.5) is 0 Å². The number of aromatic nitrogens is 2. The maximum atomic E-state index is 11.6. The topological polar surface area (TPSA) is 81.3 Å². The number of aromatic amines is 1. The predicted molar refractivity (Wildman–Crippen MR) is 71.1 cm³/mol. The fraction of sp³-hybridized carbons (Fsp3) is 0.583. The maximum Gasteiger partial charge on any atom is 0.356 e. The van der Waals surface area contributed by atoms with Crippen molar-refractivity contribution in [2.24, 2.45) is 0 Å². The summed E-state index contributed by atoms with van der Waals surface area (Å²) < 4.78 is 9.92. The van der Waals surface area contributed by atoms with Crippen molar-refractivity contribution < 1.29 is 19.1 Å². The number of hydrogen-bond acceptors (Lipinski definition) is 6. The van der Waals surface area contributed by atoms with Gasteiger partial charge >= 0.3 is 11.9 Å². The van der Waals surface area contributed by atoms with Crippen LogP contribution in [0.5, 0.6) is 0 Å². The van der Waals surface area contributed by atoms with Crippen LogP contribution in [0.15, 0.2) is 11.4 Å². The Morgan fingerprint density at radius 3 is 2.68 bits per heavy atom. The second kappa shape index (κ2) is 7.18. The van der Waals surface area contributed by atoms with Crippen LogP contribution in [0.2, 0.25) is 0 Å². The zero-order chi connectivity index (χ0) is 14.4. The highest BCUT2D eigenvalue weighted by molar-refractivity contribution is 8.00. The molecule has 0 fully saturated rings. The molecule has 1 unspecified atom stereocenters. The van der Waals surface area contributed by atoms with Gasteiger partial charge in [0.25, 0.3) is 0 Å². The molecule has 1 aromatic heterocycles. The van der Waals surface area contributed by atoms with E-state index in [4.69, 9.17) is 9.47 Å². The molecule has 0 radical (unpaired) electrons. The first kappa shape index (κ1) is 15.6. The van der Waals surface area contributed by atoms with Gasteiger partial charge in [0.2, 0.25) is 0 Å². The number of carbonyl (C=O) groups is 2. The third-order valence-corrected chi connectivity index (χ3v) is 3.00. The molecular weight excluding hydrogens is 268 g/mol. The van der Waals surface area contributed by atoms with Gasteiger partial charge in [0.1, 0.15) is 10.9 Å². The molecule has 19 heavy (non-hydrogen) atoms. The summed E-state index contributed by atoms with van der Waals surface area (Å²) in [5.74, 6) is -0.770. The van der Waals surface area contributed by atoms with Crippen molar-refractivity contribution in [3.05, 3.63) is 11.9 Å². The van der Waals surface area contributed by atoms with Gasteiger partial charge in [0.05, 0.1) is 18.9 Å². The van der Waals surface area contributed by atoms with Crippen molar-refractivity contribution in [1.82, 2.24) is 9.97 Å². The van der Waals surface area contributed by atoms with Gasteiger partial charge in [-0.3, -0.25) is 4.79 Å². The van der Waals surface area contributed by atoms with E-state index < -0.39 is 11.2 Å². The van der Waals surface area contributed by atoms with Gasteiger partial charge in [-0.2, -0.15) is 0 Å². The quantitative estimate of drug-likeness (QED) is 0.636. The third-order valence-electron chi connectivity index (χ3n) is 2.02.